The van der Waals surface area contributed by atoms with E-state index in [2.05, 4.69) is 0 Å². The Bertz CT molecular complexity index is 827. The third kappa shape index (κ3) is 4.14. The number of aryl methyl sites for hydroxylation is 1. The number of aromatic hydroxyl groups is 1. The molecule has 26 heavy (non-hydrogen) atoms. The van der Waals surface area contributed by atoms with Crippen LogP contribution in [0.25, 0.3) is 0 Å². The van der Waals surface area contributed by atoms with Gasteiger partial charge in [-0.25, -0.2) is 0 Å². The largest absolute Gasteiger partial charge is 0.504 e. The SMILES string of the molecule is COc1ccc(CCC(=O)OCC(=O)c2ccc3c(c2)CCO3)cc1O. The summed E-state index contributed by atoms with van der Waals surface area (Å²) in [7, 11) is 1.47. The Morgan fingerprint density at radius 2 is 2.04 bits per heavy atom. The van der Waals surface area contributed by atoms with Crippen LogP contribution in [0.15, 0.2) is 36.4 Å². The monoisotopic (exact) mass is 356 g/mol. The zero-order chi connectivity index (χ0) is 18.5. The Labute approximate surface area is 151 Å². The first-order valence-electron chi connectivity index (χ1n) is 8.37. The minimum Gasteiger partial charge on any atom is -0.504 e. The number of benzene rings is 2. The van der Waals surface area contributed by atoms with Gasteiger partial charge in [-0.05, 0) is 47.9 Å². The van der Waals surface area contributed by atoms with Gasteiger partial charge < -0.3 is 19.3 Å². The molecular weight excluding hydrogens is 336 g/mol. The van der Waals surface area contributed by atoms with E-state index in [-0.39, 0.29) is 24.6 Å². The Balaban J connectivity index is 1.48. The normalized spacial score (nSPS) is 12.2. The number of hydrogen-bond donors (Lipinski definition) is 1. The van der Waals surface area contributed by atoms with Crippen molar-refractivity contribution >= 4 is 11.8 Å². The highest BCUT2D eigenvalue weighted by atomic mass is 16.5. The molecule has 6 heteroatoms. The van der Waals surface area contributed by atoms with Gasteiger partial charge in [0, 0.05) is 18.4 Å². The van der Waals surface area contributed by atoms with Crippen molar-refractivity contribution in [1.82, 2.24) is 0 Å². The topological polar surface area (TPSA) is 82.1 Å². The third-order valence-electron chi connectivity index (χ3n) is 4.24. The van der Waals surface area contributed by atoms with Gasteiger partial charge in [0.25, 0.3) is 0 Å². The predicted molar refractivity (Wildman–Crippen MR) is 93.9 cm³/mol. The molecule has 0 radical (unpaired) electrons. The molecule has 2 aromatic rings. The Morgan fingerprint density at radius 3 is 2.81 bits per heavy atom. The molecular formula is C20H20O6. The molecule has 1 heterocycles. The van der Waals surface area contributed by atoms with E-state index in [0.29, 0.717) is 24.3 Å². The zero-order valence-corrected chi connectivity index (χ0v) is 14.5. The van der Waals surface area contributed by atoms with Crippen molar-refractivity contribution in [3.63, 3.8) is 0 Å². The van der Waals surface area contributed by atoms with E-state index < -0.39 is 5.97 Å². The molecule has 0 saturated carbocycles. The lowest BCUT2D eigenvalue weighted by molar-refractivity contribution is -0.142. The van der Waals surface area contributed by atoms with E-state index >= 15 is 0 Å². The number of esters is 1. The van der Waals surface area contributed by atoms with Crippen LogP contribution in [0.3, 0.4) is 0 Å². The fraction of sp³-hybridized carbons (Fsp3) is 0.300. The summed E-state index contributed by atoms with van der Waals surface area (Å²) >= 11 is 0. The van der Waals surface area contributed by atoms with Crippen LogP contribution < -0.4 is 9.47 Å². The van der Waals surface area contributed by atoms with E-state index in [1.54, 1.807) is 36.4 Å². The standard InChI is InChI=1S/C20H20O6/c1-24-19-5-2-13(10-16(19)21)3-7-20(23)26-12-17(22)14-4-6-18-15(11-14)8-9-25-18/h2,4-6,10-11,21H,3,7-9,12H2,1H3. The number of phenolic OH excluding ortho intramolecular Hbond substituents is 1. The fourth-order valence-corrected chi connectivity index (χ4v) is 2.80. The summed E-state index contributed by atoms with van der Waals surface area (Å²) in [4.78, 5) is 24.0. The van der Waals surface area contributed by atoms with Crippen LogP contribution in [0.5, 0.6) is 17.2 Å². The lowest BCUT2D eigenvalue weighted by atomic mass is 10.1. The second-order valence-electron chi connectivity index (χ2n) is 6.01. The molecule has 0 aliphatic carbocycles. The second kappa shape index (κ2) is 7.91. The Kier molecular flexibility index (Phi) is 5.41. The number of carbonyl (C=O) groups is 2. The maximum atomic E-state index is 12.2. The zero-order valence-electron chi connectivity index (χ0n) is 14.5. The number of fused-ring (bicyclic) bond motifs is 1. The van der Waals surface area contributed by atoms with E-state index in [1.807, 2.05) is 0 Å². The van der Waals surface area contributed by atoms with Gasteiger partial charge in [0.05, 0.1) is 13.7 Å². The molecule has 0 saturated heterocycles. The molecule has 0 aromatic heterocycles. The molecule has 3 rings (SSSR count). The van der Waals surface area contributed by atoms with E-state index in [1.165, 1.54) is 7.11 Å². The van der Waals surface area contributed by atoms with Crippen molar-refractivity contribution in [2.45, 2.75) is 19.3 Å². The second-order valence-corrected chi connectivity index (χ2v) is 6.01. The number of hydrogen-bond acceptors (Lipinski definition) is 6. The molecule has 0 bridgehead atoms. The van der Waals surface area contributed by atoms with E-state index in [4.69, 9.17) is 14.2 Å². The number of rotatable bonds is 7. The number of Topliss-reactive ketones (excluding diaryl/α,β-unsaturated/α-hetero) is 1. The van der Waals surface area contributed by atoms with E-state index in [0.717, 1.165) is 23.3 Å². The predicted octanol–water partition coefficient (Wildman–Crippen LogP) is 2.69. The number of carbonyl (C=O) groups excluding carboxylic acids is 2. The van der Waals surface area contributed by atoms with Crippen molar-refractivity contribution in [2.75, 3.05) is 20.3 Å². The quantitative estimate of drug-likeness (QED) is 0.607. The van der Waals surface area contributed by atoms with Crippen LogP contribution in [0.2, 0.25) is 0 Å². The highest BCUT2D eigenvalue weighted by Crippen LogP contribution is 2.27. The molecule has 1 N–H and O–H groups in total. The number of methoxy groups -OCH3 is 1. The number of ether oxygens (including phenoxy) is 3. The minimum atomic E-state index is -0.460. The maximum Gasteiger partial charge on any atom is 0.306 e. The molecule has 0 fully saturated rings. The molecule has 6 nitrogen and oxygen atoms in total. The van der Waals surface area contributed by atoms with Crippen molar-refractivity contribution in [3.05, 3.63) is 53.1 Å². The fourth-order valence-electron chi connectivity index (χ4n) is 2.80. The Morgan fingerprint density at radius 1 is 1.19 bits per heavy atom. The molecule has 1 aliphatic rings. The molecule has 136 valence electrons. The summed E-state index contributed by atoms with van der Waals surface area (Å²) < 4.78 is 15.4. The molecule has 2 aromatic carbocycles. The molecule has 0 spiro atoms. The summed E-state index contributed by atoms with van der Waals surface area (Å²) in [6, 6.07) is 10.2. The van der Waals surface area contributed by atoms with Crippen LogP contribution >= 0.6 is 0 Å². The van der Waals surface area contributed by atoms with Crippen molar-refractivity contribution in [2.24, 2.45) is 0 Å². The smallest absolute Gasteiger partial charge is 0.306 e. The first-order valence-corrected chi connectivity index (χ1v) is 8.37. The van der Waals surface area contributed by atoms with Gasteiger partial charge in [0.15, 0.2) is 23.9 Å². The summed E-state index contributed by atoms with van der Waals surface area (Å²) in [5, 5.41) is 9.73. The van der Waals surface area contributed by atoms with Gasteiger partial charge in [0.2, 0.25) is 0 Å². The van der Waals surface area contributed by atoms with Crippen LogP contribution in [0.4, 0.5) is 0 Å². The molecule has 1 aliphatic heterocycles. The summed E-state index contributed by atoms with van der Waals surface area (Å²) in [6.45, 7) is 0.342. The van der Waals surface area contributed by atoms with Gasteiger partial charge in [-0.2, -0.15) is 0 Å². The van der Waals surface area contributed by atoms with Gasteiger partial charge in [0.1, 0.15) is 5.75 Å². The van der Waals surface area contributed by atoms with Gasteiger partial charge in [-0.3, -0.25) is 9.59 Å². The van der Waals surface area contributed by atoms with Crippen LogP contribution in [0.1, 0.15) is 27.9 Å². The highest BCUT2D eigenvalue weighted by molar-refractivity contribution is 5.98. The molecule has 0 unspecified atom stereocenters. The van der Waals surface area contributed by atoms with Crippen LogP contribution in [-0.2, 0) is 22.4 Å². The summed E-state index contributed by atoms with van der Waals surface area (Å²) in [5.41, 5.74) is 2.30. The van der Waals surface area contributed by atoms with Gasteiger partial charge in [-0.15, -0.1) is 0 Å². The number of phenols is 1. The van der Waals surface area contributed by atoms with Crippen LogP contribution in [0, 0.1) is 0 Å². The first-order chi connectivity index (χ1) is 12.6. The third-order valence-corrected chi connectivity index (χ3v) is 4.24. The lowest BCUT2D eigenvalue weighted by Crippen LogP contribution is -2.14. The molecule has 0 atom stereocenters. The van der Waals surface area contributed by atoms with Crippen LogP contribution in [-0.4, -0.2) is 37.2 Å². The number of ketones is 1. The average Bonchev–Trinajstić information content (AvgIpc) is 3.12. The summed E-state index contributed by atoms with van der Waals surface area (Å²) in [5.74, 6) is 0.505. The Hall–Kier alpha value is -3.02. The minimum absolute atomic E-state index is 0.0223. The van der Waals surface area contributed by atoms with Crippen molar-refractivity contribution in [1.29, 1.82) is 0 Å². The van der Waals surface area contributed by atoms with Crippen molar-refractivity contribution in [3.8, 4) is 17.2 Å². The lowest BCUT2D eigenvalue weighted by Gasteiger charge is -2.07. The first kappa shape index (κ1) is 17.8. The van der Waals surface area contributed by atoms with E-state index in [9.17, 15) is 14.7 Å². The van der Waals surface area contributed by atoms with Crippen molar-refractivity contribution < 1.29 is 28.9 Å². The van der Waals surface area contributed by atoms with Gasteiger partial charge in [-0.1, -0.05) is 6.07 Å². The highest BCUT2D eigenvalue weighted by Gasteiger charge is 2.16. The summed E-state index contributed by atoms with van der Waals surface area (Å²) in [6.07, 6.45) is 1.31. The van der Waals surface area contributed by atoms with Gasteiger partial charge >= 0.3 is 5.97 Å². The average molecular weight is 356 g/mol. The molecule has 0 amide bonds. The maximum absolute atomic E-state index is 12.2.